The summed E-state index contributed by atoms with van der Waals surface area (Å²) in [5.41, 5.74) is 7.81. The van der Waals surface area contributed by atoms with E-state index in [1.165, 1.54) is 0 Å². The summed E-state index contributed by atoms with van der Waals surface area (Å²) in [6.45, 7) is 1.95. The summed E-state index contributed by atoms with van der Waals surface area (Å²) in [5.74, 6) is 1.13. The standard InChI is InChI=1S/C14H21N3O3/c1-8(18-3)12(19-4)9-6-7-10-11(13(9)20-5)14(15)16-17(10)2/h6-8,12H,1-5H3,(H2,15,16). The summed E-state index contributed by atoms with van der Waals surface area (Å²) in [5, 5.41) is 5.04. The van der Waals surface area contributed by atoms with Crippen LogP contribution in [0.4, 0.5) is 5.82 Å². The molecule has 6 heteroatoms. The van der Waals surface area contributed by atoms with Gasteiger partial charge in [-0.25, -0.2) is 0 Å². The number of methoxy groups -OCH3 is 3. The van der Waals surface area contributed by atoms with Crippen LogP contribution in [0.15, 0.2) is 12.1 Å². The van der Waals surface area contributed by atoms with Gasteiger partial charge in [0, 0.05) is 26.8 Å². The van der Waals surface area contributed by atoms with Crippen molar-refractivity contribution >= 4 is 16.7 Å². The van der Waals surface area contributed by atoms with Gasteiger partial charge in [-0.2, -0.15) is 5.10 Å². The Balaban J connectivity index is 2.67. The Kier molecular flexibility index (Phi) is 4.15. The van der Waals surface area contributed by atoms with Gasteiger partial charge in [-0.05, 0) is 13.0 Å². The largest absolute Gasteiger partial charge is 0.496 e. The maximum absolute atomic E-state index is 5.99. The van der Waals surface area contributed by atoms with Crippen LogP contribution in [0.2, 0.25) is 0 Å². The SMILES string of the molecule is COc1c(C(OC)C(C)OC)ccc2c1c(N)nn2C. The first kappa shape index (κ1) is 14.6. The van der Waals surface area contributed by atoms with Crippen LogP contribution in [0.25, 0.3) is 10.9 Å². The second-order valence-electron chi connectivity index (χ2n) is 4.69. The third-order valence-electron chi connectivity index (χ3n) is 3.59. The number of nitrogens with two attached hydrogens (primary N) is 1. The minimum Gasteiger partial charge on any atom is -0.496 e. The second kappa shape index (κ2) is 5.68. The molecule has 2 unspecified atom stereocenters. The average molecular weight is 279 g/mol. The van der Waals surface area contributed by atoms with Crippen molar-refractivity contribution in [3.05, 3.63) is 17.7 Å². The van der Waals surface area contributed by atoms with Crippen molar-refractivity contribution < 1.29 is 14.2 Å². The van der Waals surface area contributed by atoms with Gasteiger partial charge in [0.2, 0.25) is 0 Å². The molecule has 2 atom stereocenters. The Bertz CT molecular complexity index is 609. The van der Waals surface area contributed by atoms with Gasteiger partial charge in [0.25, 0.3) is 0 Å². The average Bonchev–Trinajstić information content (AvgIpc) is 2.74. The van der Waals surface area contributed by atoms with Gasteiger partial charge in [-0.1, -0.05) is 6.07 Å². The Morgan fingerprint density at radius 2 is 1.90 bits per heavy atom. The molecule has 1 aromatic heterocycles. The van der Waals surface area contributed by atoms with Crippen molar-refractivity contribution in [1.29, 1.82) is 0 Å². The lowest BCUT2D eigenvalue weighted by molar-refractivity contribution is -0.0286. The Morgan fingerprint density at radius 3 is 2.45 bits per heavy atom. The first-order valence-electron chi connectivity index (χ1n) is 6.39. The number of nitrogen functional groups attached to an aromatic ring is 1. The topological polar surface area (TPSA) is 71.5 Å². The molecule has 2 N–H and O–H groups in total. The van der Waals surface area contributed by atoms with Crippen LogP contribution in [0, 0.1) is 0 Å². The molecule has 110 valence electrons. The lowest BCUT2D eigenvalue weighted by Crippen LogP contribution is -2.19. The highest BCUT2D eigenvalue weighted by Gasteiger charge is 2.25. The van der Waals surface area contributed by atoms with Crippen molar-refractivity contribution in [2.75, 3.05) is 27.1 Å². The van der Waals surface area contributed by atoms with Crippen LogP contribution in [-0.4, -0.2) is 37.2 Å². The smallest absolute Gasteiger partial charge is 0.157 e. The van der Waals surface area contributed by atoms with E-state index in [-0.39, 0.29) is 12.2 Å². The maximum Gasteiger partial charge on any atom is 0.157 e. The molecule has 0 aliphatic rings. The zero-order chi connectivity index (χ0) is 14.9. The molecule has 0 amide bonds. The zero-order valence-corrected chi connectivity index (χ0v) is 12.5. The summed E-state index contributed by atoms with van der Waals surface area (Å²) >= 11 is 0. The molecule has 1 heterocycles. The number of anilines is 1. The monoisotopic (exact) mass is 279 g/mol. The van der Waals surface area contributed by atoms with Gasteiger partial charge in [-0.3, -0.25) is 4.68 Å². The molecular weight excluding hydrogens is 258 g/mol. The molecule has 2 rings (SSSR count). The van der Waals surface area contributed by atoms with Crippen molar-refractivity contribution in [3.63, 3.8) is 0 Å². The number of fused-ring (bicyclic) bond motifs is 1. The van der Waals surface area contributed by atoms with Gasteiger partial charge >= 0.3 is 0 Å². The van der Waals surface area contributed by atoms with Crippen molar-refractivity contribution in [3.8, 4) is 5.75 Å². The van der Waals surface area contributed by atoms with E-state index in [1.54, 1.807) is 26.0 Å². The molecule has 0 radical (unpaired) electrons. The number of hydrogen-bond donors (Lipinski definition) is 1. The number of hydrogen-bond acceptors (Lipinski definition) is 5. The van der Waals surface area contributed by atoms with Crippen LogP contribution < -0.4 is 10.5 Å². The fraction of sp³-hybridized carbons (Fsp3) is 0.500. The maximum atomic E-state index is 5.99. The summed E-state index contributed by atoms with van der Waals surface area (Å²) in [6, 6.07) is 3.93. The number of rotatable bonds is 5. The van der Waals surface area contributed by atoms with Gasteiger partial charge in [0.15, 0.2) is 5.82 Å². The third-order valence-corrected chi connectivity index (χ3v) is 3.59. The Morgan fingerprint density at radius 1 is 1.20 bits per heavy atom. The molecule has 0 bridgehead atoms. The number of ether oxygens (including phenoxy) is 3. The molecule has 6 nitrogen and oxygen atoms in total. The van der Waals surface area contributed by atoms with Crippen LogP contribution >= 0.6 is 0 Å². The lowest BCUT2D eigenvalue weighted by Gasteiger charge is -2.24. The number of benzene rings is 1. The first-order chi connectivity index (χ1) is 9.54. The van der Waals surface area contributed by atoms with E-state index >= 15 is 0 Å². The van der Waals surface area contributed by atoms with Crippen LogP contribution in [-0.2, 0) is 16.5 Å². The molecule has 0 saturated carbocycles. The number of nitrogens with zero attached hydrogens (tertiary/aromatic N) is 2. The normalized spacial score (nSPS) is 14.4. The van der Waals surface area contributed by atoms with Crippen LogP contribution in [0.3, 0.4) is 0 Å². The lowest BCUT2D eigenvalue weighted by atomic mass is 10.0. The highest BCUT2D eigenvalue weighted by Crippen LogP contribution is 2.38. The van der Waals surface area contributed by atoms with E-state index in [9.17, 15) is 0 Å². The van der Waals surface area contributed by atoms with Crippen molar-refractivity contribution in [2.24, 2.45) is 7.05 Å². The second-order valence-corrected chi connectivity index (χ2v) is 4.69. The fourth-order valence-corrected chi connectivity index (χ4v) is 2.51. The van der Waals surface area contributed by atoms with Crippen LogP contribution in [0.1, 0.15) is 18.6 Å². The molecule has 0 fully saturated rings. The predicted octanol–water partition coefficient (Wildman–Crippen LogP) is 1.89. The zero-order valence-electron chi connectivity index (χ0n) is 12.5. The van der Waals surface area contributed by atoms with E-state index in [2.05, 4.69) is 5.10 Å². The van der Waals surface area contributed by atoms with Gasteiger partial charge < -0.3 is 19.9 Å². The molecule has 20 heavy (non-hydrogen) atoms. The summed E-state index contributed by atoms with van der Waals surface area (Å²) in [7, 11) is 6.77. The molecular formula is C14H21N3O3. The van der Waals surface area contributed by atoms with Gasteiger partial charge in [-0.15, -0.1) is 0 Å². The minimum absolute atomic E-state index is 0.107. The summed E-state index contributed by atoms with van der Waals surface area (Å²) < 4.78 is 18.2. The molecule has 0 aliphatic carbocycles. The third kappa shape index (κ3) is 2.21. The first-order valence-corrected chi connectivity index (χ1v) is 6.39. The van der Waals surface area contributed by atoms with E-state index in [0.717, 1.165) is 16.5 Å². The number of aryl methyl sites for hydroxylation is 1. The molecule has 0 saturated heterocycles. The van der Waals surface area contributed by atoms with E-state index in [0.29, 0.717) is 11.6 Å². The van der Waals surface area contributed by atoms with Crippen LogP contribution in [0.5, 0.6) is 5.75 Å². The summed E-state index contributed by atoms with van der Waals surface area (Å²) in [4.78, 5) is 0. The highest BCUT2D eigenvalue weighted by atomic mass is 16.5. The fourth-order valence-electron chi connectivity index (χ4n) is 2.51. The van der Waals surface area contributed by atoms with E-state index < -0.39 is 0 Å². The van der Waals surface area contributed by atoms with Crippen molar-refractivity contribution in [2.45, 2.75) is 19.1 Å². The molecule has 1 aromatic carbocycles. The van der Waals surface area contributed by atoms with E-state index in [1.807, 2.05) is 26.1 Å². The van der Waals surface area contributed by atoms with Crippen molar-refractivity contribution in [1.82, 2.24) is 9.78 Å². The highest BCUT2D eigenvalue weighted by molar-refractivity contribution is 5.95. The quantitative estimate of drug-likeness (QED) is 0.905. The Hall–Kier alpha value is -1.79. The number of aromatic nitrogens is 2. The van der Waals surface area contributed by atoms with E-state index in [4.69, 9.17) is 19.9 Å². The summed E-state index contributed by atoms with van der Waals surface area (Å²) in [6.07, 6.45) is -0.344. The predicted molar refractivity (Wildman–Crippen MR) is 77.9 cm³/mol. The van der Waals surface area contributed by atoms with Gasteiger partial charge in [0.05, 0.1) is 24.1 Å². The Labute approximate surface area is 118 Å². The molecule has 0 spiro atoms. The molecule has 0 aliphatic heterocycles. The minimum atomic E-state index is -0.237. The van der Waals surface area contributed by atoms with Gasteiger partial charge in [0.1, 0.15) is 11.9 Å². The molecule has 2 aromatic rings.